The molecule has 0 spiro atoms. The molecule has 0 aliphatic rings. The Kier molecular flexibility index (Phi) is 4.98. The highest BCUT2D eigenvalue weighted by Crippen LogP contribution is 2.31. The Hall–Kier alpha value is -2.30. The summed E-state index contributed by atoms with van der Waals surface area (Å²) >= 11 is 0. The second kappa shape index (κ2) is 6.92. The average Bonchev–Trinajstić information content (AvgIpc) is 2.86. The Morgan fingerprint density at radius 2 is 1.86 bits per heavy atom. The maximum Gasteiger partial charge on any atom is 0.357 e. The molecule has 1 N–H and O–H groups in total. The monoisotopic (exact) mass is 288 g/mol. The van der Waals surface area contributed by atoms with Crippen molar-refractivity contribution < 1.29 is 14.3 Å². The molecule has 0 aliphatic heterocycles. The van der Waals surface area contributed by atoms with Gasteiger partial charge in [-0.2, -0.15) is 0 Å². The van der Waals surface area contributed by atoms with Crippen LogP contribution in [0.15, 0.2) is 29.3 Å². The fraction of sp³-hybridized carbons (Fsp3) is 0.375. The van der Waals surface area contributed by atoms with E-state index in [4.69, 9.17) is 9.47 Å². The third-order valence-corrected chi connectivity index (χ3v) is 3.01. The van der Waals surface area contributed by atoms with Gasteiger partial charge >= 0.3 is 5.97 Å². The van der Waals surface area contributed by atoms with Crippen LogP contribution in [0, 0.1) is 0 Å². The molecule has 0 amide bonds. The van der Waals surface area contributed by atoms with E-state index in [1.807, 2.05) is 38.1 Å². The highest BCUT2D eigenvalue weighted by molar-refractivity contribution is 6.06. The summed E-state index contributed by atoms with van der Waals surface area (Å²) in [5, 5.41) is 0.881. The molecule has 0 saturated carbocycles. The molecule has 1 aromatic carbocycles. The summed E-state index contributed by atoms with van der Waals surface area (Å²) in [5.74, 6) is 0.201. The first-order valence-corrected chi connectivity index (χ1v) is 7.19. The van der Waals surface area contributed by atoms with E-state index in [0.717, 1.165) is 10.9 Å². The van der Waals surface area contributed by atoms with E-state index in [1.165, 1.54) is 0 Å². The van der Waals surface area contributed by atoms with Crippen LogP contribution >= 0.6 is 0 Å². The molecule has 5 heteroatoms. The first-order chi connectivity index (χ1) is 10.2. The van der Waals surface area contributed by atoms with Crippen LogP contribution in [0.2, 0.25) is 0 Å². The average molecular weight is 288 g/mol. The lowest BCUT2D eigenvalue weighted by atomic mass is 10.2. The Labute approximate surface area is 124 Å². The Morgan fingerprint density at radius 3 is 2.52 bits per heavy atom. The smallest absolute Gasteiger partial charge is 0.357 e. The molecule has 21 heavy (non-hydrogen) atoms. The SMILES string of the molecule is CCOC(=O)c1[nH]c2ccccc2c1N=C(CC)OCC. The fourth-order valence-corrected chi connectivity index (χ4v) is 2.10. The zero-order valence-corrected chi connectivity index (χ0v) is 12.6. The van der Waals surface area contributed by atoms with E-state index >= 15 is 0 Å². The number of benzene rings is 1. The molecule has 0 saturated heterocycles. The number of ether oxygens (including phenoxy) is 2. The van der Waals surface area contributed by atoms with Crippen LogP contribution in [-0.2, 0) is 9.47 Å². The number of nitrogens with one attached hydrogen (secondary N) is 1. The molecule has 0 radical (unpaired) electrons. The van der Waals surface area contributed by atoms with Gasteiger partial charge in [-0.25, -0.2) is 9.79 Å². The first-order valence-electron chi connectivity index (χ1n) is 7.19. The van der Waals surface area contributed by atoms with Crippen molar-refractivity contribution in [2.45, 2.75) is 27.2 Å². The Morgan fingerprint density at radius 1 is 1.14 bits per heavy atom. The molecular weight excluding hydrogens is 268 g/mol. The van der Waals surface area contributed by atoms with Crippen molar-refractivity contribution in [3.63, 3.8) is 0 Å². The van der Waals surface area contributed by atoms with E-state index in [9.17, 15) is 4.79 Å². The fourth-order valence-electron chi connectivity index (χ4n) is 2.10. The molecule has 2 rings (SSSR count). The summed E-state index contributed by atoms with van der Waals surface area (Å²) in [7, 11) is 0. The summed E-state index contributed by atoms with van der Waals surface area (Å²) in [4.78, 5) is 19.7. The number of fused-ring (bicyclic) bond motifs is 1. The highest BCUT2D eigenvalue weighted by atomic mass is 16.5. The van der Waals surface area contributed by atoms with Crippen LogP contribution in [0.25, 0.3) is 10.9 Å². The predicted molar refractivity (Wildman–Crippen MR) is 83.3 cm³/mol. The number of esters is 1. The number of aromatic nitrogens is 1. The standard InChI is InChI=1S/C16H20N2O3/c1-4-13(20-5-2)18-14-11-9-7-8-10-12(11)17-15(14)16(19)21-6-3/h7-10,17H,4-6H2,1-3H3. The number of aromatic amines is 1. The van der Waals surface area contributed by atoms with Gasteiger partial charge in [0.15, 0.2) is 11.6 Å². The van der Waals surface area contributed by atoms with Gasteiger partial charge in [0.05, 0.1) is 13.2 Å². The lowest BCUT2D eigenvalue weighted by Gasteiger charge is -2.05. The molecule has 5 nitrogen and oxygen atoms in total. The Bertz CT molecular complexity index is 659. The topological polar surface area (TPSA) is 63.7 Å². The maximum absolute atomic E-state index is 12.1. The Balaban J connectivity index is 2.57. The van der Waals surface area contributed by atoms with Crippen LogP contribution in [0.1, 0.15) is 37.7 Å². The minimum absolute atomic E-state index is 0.323. The van der Waals surface area contributed by atoms with Crippen molar-refractivity contribution in [3.05, 3.63) is 30.0 Å². The zero-order chi connectivity index (χ0) is 15.2. The number of aliphatic imine (C=N–C) groups is 1. The van der Waals surface area contributed by atoms with Crippen LogP contribution < -0.4 is 0 Å². The third kappa shape index (κ3) is 3.24. The molecule has 0 unspecified atom stereocenters. The summed E-state index contributed by atoms with van der Waals surface area (Å²) < 4.78 is 10.6. The van der Waals surface area contributed by atoms with Crippen LogP contribution in [0.3, 0.4) is 0 Å². The third-order valence-electron chi connectivity index (χ3n) is 3.01. The van der Waals surface area contributed by atoms with Gasteiger partial charge < -0.3 is 14.5 Å². The number of para-hydroxylation sites is 1. The number of carbonyl (C=O) groups is 1. The van der Waals surface area contributed by atoms with Gasteiger partial charge in [-0.1, -0.05) is 25.1 Å². The normalized spacial score (nSPS) is 11.7. The van der Waals surface area contributed by atoms with E-state index < -0.39 is 5.97 Å². The van der Waals surface area contributed by atoms with Crippen molar-refractivity contribution in [1.29, 1.82) is 0 Å². The molecular formula is C16H20N2O3. The number of nitrogens with zero attached hydrogens (tertiary/aromatic N) is 1. The molecule has 112 valence electrons. The summed E-state index contributed by atoms with van der Waals surface area (Å²) in [6.45, 7) is 6.52. The first kappa shape index (κ1) is 15.1. The number of H-pyrrole nitrogens is 1. The van der Waals surface area contributed by atoms with Gasteiger partial charge in [-0.15, -0.1) is 0 Å². The minimum atomic E-state index is -0.403. The van der Waals surface area contributed by atoms with Gasteiger partial charge in [0.1, 0.15) is 5.69 Å². The van der Waals surface area contributed by atoms with E-state index in [0.29, 0.717) is 36.9 Å². The predicted octanol–water partition coefficient (Wildman–Crippen LogP) is 3.82. The minimum Gasteiger partial charge on any atom is -0.481 e. The number of hydrogen-bond acceptors (Lipinski definition) is 4. The van der Waals surface area contributed by atoms with Crippen molar-refractivity contribution in [3.8, 4) is 0 Å². The van der Waals surface area contributed by atoms with Crippen LogP contribution in [0.5, 0.6) is 0 Å². The van der Waals surface area contributed by atoms with Crippen molar-refractivity contribution in [2.24, 2.45) is 4.99 Å². The van der Waals surface area contributed by atoms with Crippen molar-refractivity contribution in [1.82, 2.24) is 4.98 Å². The van der Waals surface area contributed by atoms with Crippen molar-refractivity contribution >= 4 is 28.5 Å². The highest BCUT2D eigenvalue weighted by Gasteiger charge is 2.19. The van der Waals surface area contributed by atoms with E-state index in [-0.39, 0.29) is 0 Å². The lowest BCUT2D eigenvalue weighted by Crippen LogP contribution is -2.06. The summed E-state index contributed by atoms with van der Waals surface area (Å²) in [6, 6.07) is 7.65. The molecule has 0 bridgehead atoms. The molecule has 1 heterocycles. The molecule has 2 aromatic rings. The van der Waals surface area contributed by atoms with Gasteiger partial charge in [-0.05, 0) is 19.9 Å². The maximum atomic E-state index is 12.1. The second-order valence-corrected chi connectivity index (χ2v) is 4.41. The van der Waals surface area contributed by atoms with E-state index in [1.54, 1.807) is 6.92 Å². The number of hydrogen-bond donors (Lipinski definition) is 1. The van der Waals surface area contributed by atoms with Gasteiger partial charge in [0.2, 0.25) is 0 Å². The molecule has 1 aromatic heterocycles. The number of carbonyl (C=O) groups excluding carboxylic acids is 1. The largest absolute Gasteiger partial charge is 0.481 e. The van der Waals surface area contributed by atoms with Gasteiger partial charge in [0, 0.05) is 17.3 Å². The van der Waals surface area contributed by atoms with E-state index in [2.05, 4.69) is 9.98 Å². The van der Waals surface area contributed by atoms with Crippen molar-refractivity contribution in [2.75, 3.05) is 13.2 Å². The lowest BCUT2D eigenvalue weighted by molar-refractivity contribution is 0.0521. The summed E-state index contributed by atoms with van der Waals surface area (Å²) in [5.41, 5.74) is 1.80. The zero-order valence-electron chi connectivity index (χ0n) is 12.6. The van der Waals surface area contributed by atoms with Gasteiger partial charge in [0.25, 0.3) is 0 Å². The van der Waals surface area contributed by atoms with Crippen LogP contribution in [-0.4, -0.2) is 30.1 Å². The molecule has 0 fully saturated rings. The quantitative estimate of drug-likeness (QED) is 0.517. The second-order valence-electron chi connectivity index (χ2n) is 4.41. The van der Waals surface area contributed by atoms with Crippen LogP contribution in [0.4, 0.5) is 5.69 Å². The van der Waals surface area contributed by atoms with Gasteiger partial charge in [-0.3, -0.25) is 0 Å². The summed E-state index contributed by atoms with van der Waals surface area (Å²) in [6.07, 6.45) is 0.662. The molecule has 0 atom stereocenters. The molecule has 0 aliphatic carbocycles. The number of rotatable bonds is 5.